The predicted molar refractivity (Wildman–Crippen MR) is 81.4 cm³/mol. The van der Waals surface area contributed by atoms with Crippen LogP contribution in [-0.4, -0.2) is 30.0 Å². The van der Waals surface area contributed by atoms with Crippen molar-refractivity contribution in [2.75, 3.05) is 5.75 Å². The van der Waals surface area contributed by atoms with Crippen molar-refractivity contribution in [2.45, 2.75) is 23.5 Å². The third-order valence-corrected chi connectivity index (χ3v) is 4.28. The molecular formula is C12H10Cl2F3N3S. The van der Waals surface area contributed by atoms with Gasteiger partial charge in [0.2, 0.25) is 0 Å². The first-order valence-corrected chi connectivity index (χ1v) is 7.53. The fourth-order valence-corrected chi connectivity index (χ4v) is 2.76. The van der Waals surface area contributed by atoms with Crippen LogP contribution in [0.25, 0.3) is 0 Å². The van der Waals surface area contributed by atoms with Gasteiger partial charge in [-0.15, -0.1) is 11.8 Å². The molecule has 0 spiro atoms. The van der Waals surface area contributed by atoms with Gasteiger partial charge in [0.25, 0.3) is 0 Å². The maximum atomic E-state index is 12.3. The second-order valence-corrected chi connectivity index (χ2v) is 6.14. The molecule has 0 fully saturated rings. The summed E-state index contributed by atoms with van der Waals surface area (Å²) in [4.78, 5) is 8.30. The molecule has 1 heterocycles. The van der Waals surface area contributed by atoms with Crippen LogP contribution in [0.5, 0.6) is 0 Å². The third kappa shape index (κ3) is 5.41. The van der Waals surface area contributed by atoms with Crippen LogP contribution in [-0.2, 0) is 0 Å². The Balaban J connectivity index is 2.16. The minimum atomic E-state index is -4.28. The highest BCUT2D eigenvalue weighted by atomic mass is 35.5. The van der Waals surface area contributed by atoms with Gasteiger partial charge in [-0.05, 0) is 12.1 Å². The van der Waals surface area contributed by atoms with Crippen molar-refractivity contribution in [3.8, 4) is 0 Å². The molecule has 1 atom stereocenters. The number of hydrogen-bond donors (Lipinski definition) is 1. The summed E-state index contributed by atoms with van der Waals surface area (Å²) >= 11 is 12.4. The standard InChI is InChI=1S/C12H10Cl2F3N3S/c13-7-2-8(14)10(21-5-12(15,16)17)3-9(7)20-11(18)1-6-4-19-6/h2-4,6H,1,5H2,(H2,18,20). The SMILES string of the molecule is NC(CC1C=N1)=Nc1cc(SCC(F)(F)F)c(Cl)cc1Cl. The largest absolute Gasteiger partial charge is 0.398 e. The average molecular weight is 356 g/mol. The van der Waals surface area contributed by atoms with Crippen LogP contribution in [0.2, 0.25) is 10.0 Å². The number of nitrogens with two attached hydrogens (primary N) is 1. The Kier molecular flexibility index (Phi) is 5.06. The van der Waals surface area contributed by atoms with Crippen LogP contribution >= 0.6 is 35.0 Å². The van der Waals surface area contributed by atoms with E-state index in [2.05, 4.69) is 9.98 Å². The minimum absolute atomic E-state index is 0.0684. The summed E-state index contributed by atoms with van der Waals surface area (Å²) in [6.07, 6.45) is -2.08. The fourth-order valence-electron chi connectivity index (χ4n) is 1.46. The van der Waals surface area contributed by atoms with Crippen molar-refractivity contribution >= 4 is 52.7 Å². The first kappa shape index (κ1) is 16.5. The lowest BCUT2D eigenvalue weighted by molar-refractivity contribution is -0.105. The third-order valence-electron chi connectivity index (χ3n) is 2.43. The molecule has 0 saturated carbocycles. The van der Waals surface area contributed by atoms with E-state index >= 15 is 0 Å². The summed E-state index contributed by atoms with van der Waals surface area (Å²) < 4.78 is 36.8. The lowest BCUT2D eigenvalue weighted by Crippen LogP contribution is -2.14. The lowest BCUT2D eigenvalue weighted by atomic mass is 10.3. The highest BCUT2D eigenvalue weighted by molar-refractivity contribution is 7.99. The first-order valence-electron chi connectivity index (χ1n) is 5.79. The van der Waals surface area contributed by atoms with Gasteiger partial charge in [-0.2, -0.15) is 13.2 Å². The van der Waals surface area contributed by atoms with Gasteiger partial charge in [0, 0.05) is 17.5 Å². The molecule has 3 nitrogen and oxygen atoms in total. The quantitative estimate of drug-likeness (QED) is 0.480. The summed E-state index contributed by atoms with van der Waals surface area (Å²) in [6, 6.07) is 2.84. The van der Waals surface area contributed by atoms with Crippen molar-refractivity contribution in [1.82, 2.24) is 0 Å². The van der Waals surface area contributed by atoms with E-state index in [9.17, 15) is 13.2 Å². The number of alkyl halides is 3. The number of rotatable bonds is 5. The van der Waals surface area contributed by atoms with E-state index < -0.39 is 11.9 Å². The number of hydrogen-bond acceptors (Lipinski definition) is 3. The monoisotopic (exact) mass is 355 g/mol. The van der Waals surface area contributed by atoms with E-state index in [0.29, 0.717) is 29.7 Å². The second-order valence-electron chi connectivity index (χ2n) is 4.31. The van der Waals surface area contributed by atoms with Gasteiger partial charge in [0.1, 0.15) is 5.84 Å². The summed E-state index contributed by atoms with van der Waals surface area (Å²) in [7, 11) is 0. The van der Waals surface area contributed by atoms with E-state index in [-0.39, 0.29) is 21.0 Å². The molecule has 2 N–H and O–H groups in total. The highest BCUT2D eigenvalue weighted by Crippen LogP contribution is 2.38. The topological polar surface area (TPSA) is 50.7 Å². The van der Waals surface area contributed by atoms with E-state index in [0.717, 1.165) is 0 Å². The van der Waals surface area contributed by atoms with Crippen molar-refractivity contribution in [1.29, 1.82) is 0 Å². The fraction of sp³-hybridized carbons (Fsp3) is 0.333. The molecular weight excluding hydrogens is 346 g/mol. The Labute approximate surface area is 133 Å². The number of benzene rings is 1. The molecule has 0 bridgehead atoms. The Hall–Kier alpha value is -0.920. The van der Waals surface area contributed by atoms with Crippen molar-refractivity contribution in [3.05, 3.63) is 22.2 Å². The number of amidine groups is 1. The normalized spacial score (nSPS) is 18.1. The van der Waals surface area contributed by atoms with E-state index in [1.54, 1.807) is 6.21 Å². The molecule has 1 aliphatic rings. The van der Waals surface area contributed by atoms with Crippen LogP contribution in [0.15, 0.2) is 27.0 Å². The summed E-state index contributed by atoms with van der Waals surface area (Å²) in [6.45, 7) is 0. The van der Waals surface area contributed by atoms with Crippen molar-refractivity contribution in [2.24, 2.45) is 15.7 Å². The molecule has 2 rings (SSSR count). The lowest BCUT2D eigenvalue weighted by Gasteiger charge is -2.09. The molecule has 9 heteroatoms. The Morgan fingerprint density at radius 2 is 2.00 bits per heavy atom. The first-order chi connectivity index (χ1) is 9.74. The number of aliphatic imine (C=N–C) groups is 2. The second kappa shape index (κ2) is 6.46. The molecule has 0 amide bonds. The minimum Gasteiger partial charge on any atom is -0.387 e. The van der Waals surface area contributed by atoms with Crippen molar-refractivity contribution < 1.29 is 13.2 Å². The zero-order valence-corrected chi connectivity index (χ0v) is 12.8. The van der Waals surface area contributed by atoms with Gasteiger partial charge in [-0.1, -0.05) is 23.2 Å². The molecule has 0 radical (unpaired) electrons. The number of halogens is 5. The molecule has 1 aromatic rings. The van der Waals surface area contributed by atoms with Gasteiger partial charge in [-0.25, -0.2) is 4.99 Å². The van der Waals surface area contributed by atoms with Crippen LogP contribution in [0.1, 0.15) is 6.42 Å². The Morgan fingerprint density at radius 1 is 1.33 bits per heavy atom. The van der Waals surface area contributed by atoms with E-state index in [1.165, 1.54) is 12.1 Å². The molecule has 1 aromatic carbocycles. The average Bonchev–Trinajstić information content (AvgIpc) is 3.13. The smallest absolute Gasteiger partial charge is 0.387 e. The summed E-state index contributed by atoms with van der Waals surface area (Å²) in [5.74, 6) is -0.725. The zero-order valence-electron chi connectivity index (χ0n) is 10.5. The van der Waals surface area contributed by atoms with Gasteiger partial charge in [0.05, 0.1) is 27.5 Å². The maximum Gasteiger partial charge on any atom is 0.398 e. The molecule has 0 saturated heterocycles. The Bertz CT molecular complexity index is 596. The van der Waals surface area contributed by atoms with E-state index in [4.69, 9.17) is 28.9 Å². The predicted octanol–water partition coefficient (Wildman–Crippen LogP) is 4.48. The van der Waals surface area contributed by atoms with E-state index in [1.807, 2.05) is 0 Å². The summed E-state index contributed by atoms with van der Waals surface area (Å²) in [5, 5.41) is 0.383. The number of thioether (sulfide) groups is 1. The summed E-state index contributed by atoms with van der Waals surface area (Å²) in [5.41, 5.74) is 6.03. The molecule has 21 heavy (non-hydrogen) atoms. The van der Waals surface area contributed by atoms with Gasteiger partial charge in [0.15, 0.2) is 0 Å². The maximum absolute atomic E-state index is 12.3. The zero-order chi connectivity index (χ0) is 15.6. The number of nitrogens with zero attached hydrogens (tertiary/aromatic N) is 2. The molecule has 0 aromatic heterocycles. The van der Waals surface area contributed by atoms with Crippen LogP contribution < -0.4 is 5.73 Å². The van der Waals surface area contributed by atoms with Crippen LogP contribution in [0.3, 0.4) is 0 Å². The van der Waals surface area contributed by atoms with Crippen LogP contribution in [0, 0.1) is 0 Å². The van der Waals surface area contributed by atoms with Crippen LogP contribution in [0.4, 0.5) is 18.9 Å². The molecule has 114 valence electrons. The highest BCUT2D eigenvalue weighted by Gasteiger charge is 2.28. The molecule has 1 aliphatic heterocycles. The van der Waals surface area contributed by atoms with Gasteiger partial charge in [-0.3, -0.25) is 4.99 Å². The molecule has 1 unspecified atom stereocenters. The van der Waals surface area contributed by atoms with Crippen molar-refractivity contribution in [3.63, 3.8) is 0 Å². The Morgan fingerprint density at radius 3 is 2.57 bits per heavy atom. The molecule has 0 aliphatic carbocycles. The van der Waals surface area contributed by atoms with Gasteiger partial charge >= 0.3 is 6.18 Å². The van der Waals surface area contributed by atoms with Gasteiger partial charge < -0.3 is 5.73 Å².